The Bertz CT molecular complexity index is 2950. The van der Waals surface area contributed by atoms with Crippen LogP contribution in [0.25, 0.3) is 66.9 Å². The predicted octanol–water partition coefficient (Wildman–Crippen LogP) is 15.8. The van der Waals surface area contributed by atoms with Gasteiger partial charge in [-0.2, -0.15) is 4.58 Å². The third kappa shape index (κ3) is 8.71. The van der Waals surface area contributed by atoms with E-state index in [0.717, 1.165) is 61.6 Å². The van der Waals surface area contributed by atoms with Crippen LogP contribution in [0, 0.1) is 0 Å². The highest BCUT2D eigenvalue weighted by Gasteiger charge is 2.43. The average molecular weight is 842 g/mol. The Labute approximate surface area is 379 Å². The van der Waals surface area contributed by atoms with Crippen molar-refractivity contribution < 1.29 is 14.5 Å². The first kappa shape index (κ1) is 42.8. The highest BCUT2D eigenvalue weighted by atomic mass is 16.3. The van der Waals surface area contributed by atoms with Crippen LogP contribution < -0.4 is 0 Å². The number of aromatic nitrogens is 1. The first-order valence-corrected chi connectivity index (χ1v) is 24.0. The number of carbonyl (C=O) groups excluding carboxylic acids is 1. The molecule has 9 rings (SSSR count). The molecule has 7 aromatic rings. The van der Waals surface area contributed by atoms with E-state index >= 15 is 0 Å². The highest BCUT2D eigenvalue weighted by molar-refractivity contribution is 6.39. The van der Waals surface area contributed by atoms with Crippen LogP contribution in [0.1, 0.15) is 113 Å². The summed E-state index contributed by atoms with van der Waals surface area (Å²) in [6.07, 6.45) is 27.1. The van der Waals surface area contributed by atoms with Crippen molar-refractivity contribution in [1.29, 1.82) is 0 Å². The number of nitrogens with zero attached hydrogens (tertiary/aromatic N) is 2. The van der Waals surface area contributed by atoms with Crippen LogP contribution >= 0.6 is 0 Å². The number of allylic oxidation sites excluding steroid dienone is 5. The summed E-state index contributed by atoms with van der Waals surface area (Å²) in [4.78, 5) is 14.6. The van der Waals surface area contributed by atoms with Gasteiger partial charge in [0.25, 0.3) is 0 Å². The molecule has 0 amide bonds. The Balaban J connectivity index is 1.09. The minimum atomic E-state index is -0.0896. The fraction of sp³-hybridized carbons (Fsp3) is 0.267. The molecule has 2 heterocycles. The first-order valence-electron chi connectivity index (χ1n) is 24.0. The lowest BCUT2D eigenvalue weighted by Gasteiger charge is -2.23. The standard InChI is InChI=1S/C60H60N2O2/c1-3-5-7-9-11-21-39-61-47(31-35-53-49-27-17-13-23-43(49)41-44-24-14-18-28-50(44)53)33-37-55(61)57-59(63)58(60(57)64)56-38-34-48(62(56)40-22-12-10-8-6-4-2)32-36-54-51-29-19-15-25-45(51)42-46-26-16-20-30-52(46)54/h13-20,23-38,41-42H,3-12,21-22,39-40H2,1-2H3/p+1/b35-31+,36-32+. The van der Waals surface area contributed by atoms with E-state index in [1.54, 1.807) is 0 Å². The second-order valence-electron chi connectivity index (χ2n) is 17.7. The summed E-state index contributed by atoms with van der Waals surface area (Å²) in [5.41, 5.74) is 6.85. The minimum Gasteiger partial charge on any atom is -0.506 e. The summed E-state index contributed by atoms with van der Waals surface area (Å²) in [5, 5.41) is 21.8. The number of hydrogen-bond donors (Lipinski definition) is 1. The second-order valence-corrected chi connectivity index (χ2v) is 17.7. The summed E-state index contributed by atoms with van der Waals surface area (Å²) in [7, 11) is 0. The van der Waals surface area contributed by atoms with Gasteiger partial charge in [0.15, 0.2) is 0 Å². The fourth-order valence-electron chi connectivity index (χ4n) is 9.97. The molecule has 0 atom stereocenters. The average Bonchev–Trinajstić information content (AvgIpc) is 3.90. The zero-order valence-corrected chi connectivity index (χ0v) is 37.7. The van der Waals surface area contributed by atoms with E-state index in [0.29, 0.717) is 11.1 Å². The first-order chi connectivity index (χ1) is 31.6. The number of Topliss-reactive ketones (excluding diaryl/α,β-unsaturated/α-hetero) is 1. The minimum absolute atomic E-state index is 0.0896. The summed E-state index contributed by atoms with van der Waals surface area (Å²) in [6, 6.07) is 43.0. The van der Waals surface area contributed by atoms with E-state index < -0.39 is 0 Å². The van der Waals surface area contributed by atoms with Gasteiger partial charge >= 0.3 is 0 Å². The maximum atomic E-state index is 14.6. The van der Waals surface area contributed by atoms with Crippen LogP contribution in [0.2, 0.25) is 0 Å². The molecule has 2 aliphatic rings. The molecule has 1 aliphatic heterocycles. The molecule has 0 fully saturated rings. The molecule has 1 aliphatic carbocycles. The van der Waals surface area contributed by atoms with E-state index in [2.05, 4.69) is 169 Å². The molecule has 6 aromatic carbocycles. The Hall–Kier alpha value is -6.52. The molecule has 0 unspecified atom stereocenters. The van der Waals surface area contributed by atoms with Gasteiger partial charge in [-0.05, 0) is 103 Å². The molecular weight excluding hydrogens is 781 g/mol. The van der Waals surface area contributed by atoms with E-state index in [1.165, 1.54) is 106 Å². The number of aliphatic hydroxyl groups is 1. The van der Waals surface area contributed by atoms with Crippen LogP contribution in [0.5, 0.6) is 0 Å². The second kappa shape index (κ2) is 19.9. The van der Waals surface area contributed by atoms with Gasteiger partial charge in [-0.15, -0.1) is 0 Å². The number of fused-ring (bicyclic) bond motifs is 4. The number of carbonyl (C=O) groups is 1. The molecule has 4 nitrogen and oxygen atoms in total. The highest BCUT2D eigenvalue weighted by Crippen LogP contribution is 2.41. The van der Waals surface area contributed by atoms with Gasteiger partial charge < -0.3 is 9.67 Å². The summed E-state index contributed by atoms with van der Waals surface area (Å²) in [6.45, 7) is 6.05. The van der Waals surface area contributed by atoms with Gasteiger partial charge in [-0.3, -0.25) is 4.79 Å². The van der Waals surface area contributed by atoms with E-state index in [1.807, 2.05) is 12.1 Å². The van der Waals surface area contributed by atoms with Gasteiger partial charge in [0.05, 0.1) is 11.3 Å². The molecule has 1 N–H and O–H groups in total. The topological polar surface area (TPSA) is 45.2 Å². The van der Waals surface area contributed by atoms with Crippen molar-refractivity contribution in [1.82, 2.24) is 4.57 Å². The van der Waals surface area contributed by atoms with Crippen molar-refractivity contribution >= 4 is 78.4 Å². The Morgan fingerprint density at radius 3 is 1.53 bits per heavy atom. The van der Waals surface area contributed by atoms with Gasteiger partial charge in [-0.25, -0.2) is 0 Å². The maximum absolute atomic E-state index is 14.6. The maximum Gasteiger partial charge on any atom is 0.221 e. The quantitative estimate of drug-likeness (QED) is 0.0382. The molecule has 322 valence electrons. The SMILES string of the molecule is CCCCCCCCn1c(/C=C/c2c3ccccc3cc3ccccc23)ccc1C1=C(O)C(=C2C=CC(/C=C/c3c4ccccc4cc4ccccc34)=[N+]2CCCCCCCC)C1=O. The van der Waals surface area contributed by atoms with Crippen LogP contribution in [-0.4, -0.2) is 32.3 Å². The third-order valence-electron chi connectivity index (χ3n) is 13.4. The van der Waals surface area contributed by atoms with Crippen molar-refractivity contribution in [2.24, 2.45) is 0 Å². The van der Waals surface area contributed by atoms with Crippen molar-refractivity contribution in [2.75, 3.05) is 6.54 Å². The molecule has 0 saturated heterocycles. The Kier molecular flexibility index (Phi) is 13.3. The van der Waals surface area contributed by atoms with E-state index in [4.69, 9.17) is 0 Å². The van der Waals surface area contributed by atoms with Crippen LogP contribution in [-0.2, 0) is 11.3 Å². The predicted molar refractivity (Wildman–Crippen MR) is 273 cm³/mol. The number of hydrogen-bond acceptors (Lipinski definition) is 2. The monoisotopic (exact) mass is 841 g/mol. The number of aliphatic hydroxyl groups excluding tert-OH is 1. The van der Waals surface area contributed by atoms with Crippen molar-refractivity contribution in [3.8, 4) is 0 Å². The smallest absolute Gasteiger partial charge is 0.221 e. The largest absolute Gasteiger partial charge is 0.506 e. The van der Waals surface area contributed by atoms with Gasteiger partial charge in [0.2, 0.25) is 17.2 Å². The lowest BCUT2D eigenvalue weighted by molar-refractivity contribution is -0.469. The fourth-order valence-corrected chi connectivity index (χ4v) is 9.97. The summed E-state index contributed by atoms with van der Waals surface area (Å²) in [5.74, 6) is 0.00833. The molecule has 1 aromatic heterocycles. The zero-order valence-electron chi connectivity index (χ0n) is 37.7. The van der Waals surface area contributed by atoms with E-state index in [-0.39, 0.29) is 11.5 Å². The van der Waals surface area contributed by atoms with Crippen LogP contribution in [0.3, 0.4) is 0 Å². The normalized spacial score (nSPS) is 15.5. The van der Waals surface area contributed by atoms with Gasteiger partial charge in [0, 0.05) is 36.9 Å². The number of benzene rings is 6. The molecule has 4 heteroatoms. The van der Waals surface area contributed by atoms with Gasteiger partial charge in [-0.1, -0.05) is 175 Å². The molecule has 0 radical (unpaired) electrons. The molecule has 0 bridgehead atoms. The van der Waals surface area contributed by atoms with Crippen LogP contribution in [0.4, 0.5) is 0 Å². The van der Waals surface area contributed by atoms with Crippen molar-refractivity contribution in [2.45, 2.75) is 97.4 Å². The van der Waals surface area contributed by atoms with Crippen molar-refractivity contribution in [3.05, 3.63) is 179 Å². The number of ketones is 1. The molecular formula is C60H61N2O2+. The Morgan fingerprint density at radius 1 is 0.516 bits per heavy atom. The summed E-state index contributed by atoms with van der Waals surface area (Å²) < 4.78 is 4.53. The zero-order chi connectivity index (χ0) is 43.8. The lowest BCUT2D eigenvalue weighted by atomic mass is 9.84. The number of rotatable bonds is 19. The third-order valence-corrected chi connectivity index (χ3v) is 13.4. The lowest BCUT2D eigenvalue weighted by Crippen LogP contribution is -2.28. The van der Waals surface area contributed by atoms with E-state index in [9.17, 15) is 9.90 Å². The van der Waals surface area contributed by atoms with Crippen LogP contribution in [0.15, 0.2) is 157 Å². The molecule has 0 spiro atoms. The number of unbranched alkanes of at least 4 members (excludes halogenated alkanes) is 10. The molecule has 64 heavy (non-hydrogen) atoms. The molecule has 0 saturated carbocycles. The Morgan fingerprint density at radius 2 is 1.00 bits per heavy atom. The summed E-state index contributed by atoms with van der Waals surface area (Å²) >= 11 is 0. The van der Waals surface area contributed by atoms with Gasteiger partial charge in [0.1, 0.15) is 17.9 Å². The van der Waals surface area contributed by atoms with Crippen molar-refractivity contribution in [3.63, 3.8) is 0 Å².